The summed E-state index contributed by atoms with van der Waals surface area (Å²) in [5.74, 6) is -0.180. The smallest absolute Gasteiger partial charge is 0.237 e. The molecule has 4 N–H and O–H groups in total. The van der Waals surface area contributed by atoms with Crippen LogP contribution in [-0.2, 0) is 9.53 Å². The summed E-state index contributed by atoms with van der Waals surface area (Å²) in [6, 6.07) is 3.80. The van der Waals surface area contributed by atoms with Gasteiger partial charge in [0.1, 0.15) is 42.0 Å². The Morgan fingerprint density at radius 2 is 1.95 bits per heavy atom. The van der Waals surface area contributed by atoms with E-state index in [4.69, 9.17) is 4.74 Å². The van der Waals surface area contributed by atoms with Crippen LogP contribution in [0.4, 0.5) is 4.39 Å². The van der Waals surface area contributed by atoms with E-state index in [1.165, 1.54) is 35.9 Å². The van der Waals surface area contributed by atoms with Crippen molar-refractivity contribution < 1.29 is 29.2 Å². The van der Waals surface area contributed by atoms with Gasteiger partial charge >= 0.3 is 0 Å². The van der Waals surface area contributed by atoms with Crippen molar-refractivity contribution in [3.05, 3.63) is 42.7 Å². The Bertz CT molecular complexity index is 1130. The van der Waals surface area contributed by atoms with E-state index in [0.29, 0.717) is 21.9 Å². The second-order valence-corrected chi connectivity index (χ2v) is 13.0. The van der Waals surface area contributed by atoms with Crippen LogP contribution in [0.15, 0.2) is 41.8 Å². The Morgan fingerprint density at radius 1 is 1.23 bits per heavy atom. The lowest BCUT2D eigenvalue weighted by Crippen LogP contribution is -2.65. The SMILES string of the molecule is CCC[C@@H]1C[C@@H](C(=O)NC([C@H]2O[C@H](SC)[C@H](O)[C@@H](O)[C@H]2O)[C@@H](C)Sc2ccc(-c3cncnc3)c(F)c2)N(C)C1. The van der Waals surface area contributed by atoms with Crippen LogP contribution in [0.1, 0.15) is 33.1 Å². The van der Waals surface area contributed by atoms with Gasteiger partial charge in [-0.15, -0.1) is 23.5 Å². The molecule has 0 aliphatic carbocycles. The van der Waals surface area contributed by atoms with E-state index in [9.17, 15) is 20.1 Å². The molecule has 4 rings (SSSR count). The number of likely N-dealkylation sites (N-methyl/N-ethyl adjacent to an activating group) is 1. The fourth-order valence-electron chi connectivity index (χ4n) is 5.65. The molecule has 12 heteroatoms. The minimum Gasteiger partial charge on any atom is -0.388 e. The minimum absolute atomic E-state index is 0.179. The van der Waals surface area contributed by atoms with Crippen molar-refractivity contribution in [2.45, 2.75) is 85.2 Å². The van der Waals surface area contributed by atoms with Gasteiger partial charge in [0.05, 0.1) is 12.1 Å². The molecule has 2 aliphatic rings. The maximum Gasteiger partial charge on any atom is 0.237 e. The summed E-state index contributed by atoms with van der Waals surface area (Å²) in [6.07, 6.45) is 3.90. The van der Waals surface area contributed by atoms with Gasteiger partial charge in [-0.1, -0.05) is 26.3 Å². The van der Waals surface area contributed by atoms with Crippen LogP contribution < -0.4 is 5.32 Å². The van der Waals surface area contributed by atoms with Crippen molar-refractivity contribution >= 4 is 29.4 Å². The van der Waals surface area contributed by atoms with Gasteiger partial charge in [0.25, 0.3) is 0 Å². The highest BCUT2D eigenvalue weighted by Crippen LogP contribution is 2.35. The van der Waals surface area contributed by atoms with Crippen molar-refractivity contribution in [2.24, 2.45) is 5.92 Å². The molecule has 3 heterocycles. The summed E-state index contributed by atoms with van der Waals surface area (Å²) < 4.78 is 21.2. The molecule has 0 radical (unpaired) electrons. The third kappa shape index (κ3) is 6.97. The number of aliphatic hydroxyl groups excluding tert-OH is 3. The number of carbonyl (C=O) groups is 1. The van der Waals surface area contributed by atoms with Gasteiger partial charge in [-0.05, 0) is 44.2 Å². The topological polar surface area (TPSA) is 128 Å². The van der Waals surface area contributed by atoms with Gasteiger partial charge < -0.3 is 25.4 Å². The average molecular weight is 595 g/mol. The zero-order chi connectivity index (χ0) is 29.0. The van der Waals surface area contributed by atoms with Crippen LogP contribution in [-0.4, -0.2) is 103 Å². The Morgan fingerprint density at radius 3 is 2.60 bits per heavy atom. The monoisotopic (exact) mass is 594 g/mol. The van der Waals surface area contributed by atoms with Crippen LogP contribution in [0.25, 0.3) is 11.1 Å². The van der Waals surface area contributed by atoms with Crippen molar-refractivity contribution in [1.29, 1.82) is 0 Å². The highest BCUT2D eigenvalue weighted by atomic mass is 32.2. The van der Waals surface area contributed by atoms with Gasteiger partial charge in [0.15, 0.2) is 0 Å². The van der Waals surface area contributed by atoms with E-state index >= 15 is 4.39 Å². The number of hydrogen-bond acceptors (Lipinski definition) is 10. The summed E-state index contributed by atoms with van der Waals surface area (Å²) >= 11 is 2.55. The van der Waals surface area contributed by atoms with Crippen LogP contribution in [0.2, 0.25) is 0 Å². The number of hydrogen-bond donors (Lipinski definition) is 4. The molecule has 9 nitrogen and oxygen atoms in total. The molecule has 1 unspecified atom stereocenters. The van der Waals surface area contributed by atoms with Crippen LogP contribution in [0.3, 0.4) is 0 Å². The number of thioether (sulfide) groups is 2. The Hall–Kier alpha value is -1.80. The van der Waals surface area contributed by atoms with E-state index in [0.717, 1.165) is 25.8 Å². The lowest BCUT2D eigenvalue weighted by molar-refractivity contribution is -0.205. The van der Waals surface area contributed by atoms with E-state index in [2.05, 4.69) is 22.2 Å². The Kier molecular flexibility index (Phi) is 10.8. The quantitative estimate of drug-likeness (QED) is 0.305. The molecular weight excluding hydrogens is 555 g/mol. The largest absolute Gasteiger partial charge is 0.388 e. The zero-order valence-corrected chi connectivity index (χ0v) is 24.8. The number of amides is 1. The van der Waals surface area contributed by atoms with Gasteiger partial charge in [0, 0.05) is 40.2 Å². The van der Waals surface area contributed by atoms with Crippen molar-refractivity contribution in [2.75, 3.05) is 19.8 Å². The molecule has 2 aromatic rings. The van der Waals surface area contributed by atoms with E-state index in [1.807, 2.05) is 18.9 Å². The second-order valence-electron chi connectivity index (χ2n) is 10.6. The summed E-state index contributed by atoms with van der Waals surface area (Å²) in [4.78, 5) is 24.2. The molecule has 40 heavy (non-hydrogen) atoms. The molecule has 2 fully saturated rings. The minimum atomic E-state index is -1.44. The van der Waals surface area contributed by atoms with Crippen LogP contribution >= 0.6 is 23.5 Å². The van der Waals surface area contributed by atoms with Crippen molar-refractivity contribution in [3.63, 3.8) is 0 Å². The third-order valence-electron chi connectivity index (χ3n) is 7.78. The average Bonchev–Trinajstić information content (AvgIpc) is 3.31. The summed E-state index contributed by atoms with van der Waals surface area (Å²) in [7, 11) is 1.94. The molecule has 220 valence electrons. The fraction of sp³-hybridized carbons (Fsp3) is 0.607. The molecule has 2 aliphatic heterocycles. The number of halogens is 1. The standard InChI is InChI=1S/C28H39FN4O5S2/c1-5-6-16-9-21(33(3)13-16)27(37)32-22(26-24(35)23(34)25(36)28(38-26)39-4)15(2)40-18-7-8-19(20(29)10-18)17-11-30-14-31-12-17/h7-8,10-12,14-16,21-26,28,34-36H,5-6,9,13H2,1-4H3,(H,32,37)/t15-,16-,21+,22?,23+,24-,25-,26-,28-/m1/s1. The molecule has 0 saturated carbocycles. The molecule has 2 saturated heterocycles. The number of benzene rings is 1. The van der Waals surface area contributed by atoms with E-state index < -0.39 is 47.0 Å². The molecule has 1 aromatic carbocycles. The van der Waals surface area contributed by atoms with E-state index in [-0.39, 0.29) is 11.9 Å². The maximum atomic E-state index is 15.1. The first-order valence-corrected chi connectivity index (χ1v) is 15.8. The number of carbonyl (C=O) groups excluding carboxylic acids is 1. The molecule has 9 atom stereocenters. The number of rotatable bonds is 10. The predicted octanol–water partition coefficient (Wildman–Crippen LogP) is 2.54. The third-order valence-corrected chi connectivity index (χ3v) is 9.82. The number of aliphatic hydroxyl groups is 3. The van der Waals surface area contributed by atoms with Crippen molar-refractivity contribution in [3.8, 4) is 11.1 Å². The molecule has 1 aromatic heterocycles. The summed E-state index contributed by atoms with van der Waals surface area (Å²) in [6.45, 7) is 4.84. The first-order chi connectivity index (χ1) is 19.1. The predicted molar refractivity (Wildman–Crippen MR) is 154 cm³/mol. The van der Waals surface area contributed by atoms with Gasteiger partial charge in [0.2, 0.25) is 5.91 Å². The Balaban J connectivity index is 1.57. The summed E-state index contributed by atoms with van der Waals surface area (Å²) in [5.41, 5.74) is 0.151. The Labute approximate surface area is 243 Å². The number of nitrogens with one attached hydrogen (secondary N) is 1. The lowest BCUT2D eigenvalue weighted by atomic mass is 9.92. The van der Waals surface area contributed by atoms with Gasteiger partial charge in [-0.3, -0.25) is 9.69 Å². The normalized spacial score (nSPS) is 30.6. The first kappa shape index (κ1) is 31.1. The zero-order valence-electron chi connectivity index (χ0n) is 23.2. The summed E-state index contributed by atoms with van der Waals surface area (Å²) in [5, 5.41) is 34.7. The fourth-order valence-corrected chi connectivity index (χ4v) is 7.45. The molecule has 1 amide bonds. The highest BCUT2D eigenvalue weighted by molar-refractivity contribution is 8.00. The van der Waals surface area contributed by atoms with Crippen LogP contribution in [0, 0.1) is 11.7 Å². The maximum absolute atomic E-state index is 15.1. The number of aromatic nitrogens is 2. The second kappa shape index (κ2) is 13.9. The highest BCUT2D eigenvalue weighted by Gasteiger charge is 2.48. The van der Waals surface area contributed by atoms with Gasteiger partial charge in [-0.2, -0.15) is 0 Å². The lowest BCUT2D eigenvalue weighted by Gasteiger charge is -2.44. The molecule has 0 bridgehead atoms. The first-order valence-electron chi connectivity index (χ1n) is 13.6. The molecular formula is C28H39FN4O5S2. The number of likely N-dealkylation sites (tertiary alicyclic amines) is 1. The van der Waals surface area contributed by atoms with Gasteiger partial charge in [-0.25, -0.2) is 14.4 Å². The van der Waals surface area contributed by atoms with Crippen molar-refractivity contribution in [1.82, 2.24) is 20.2 Å². The van der Waals surface area contributed by atoms with Crippen LogP contribution in [0.5, 0.6) is 0 Å². The molecule has 0 spiro atoms. The number of ether oxygens (including phenoxy) is 1. The number of nitrogens with zero attached hydrogens (tertiary/aromatic N) is 3. The van der Waals surface area contributed by atoms with E-state index in [1.54, 1.807) is 30.8 Å².